The second-order valence-corrected chi connectivity index (χ2v) is 11.0. The van der Waals surface area contributed by atoms with E-state index in [0.717, 1.165) is 31.1 Å². The molecule has 0 spiro atoms. The summed E-state index contributed by atoms with van der Waals surface area (Å²) < 4.78 is 0.339. The lowest BCUT2D eigenvalue weighted by Gasteiger charge is -2.62. The molecular formula is C19H35NOS. The number of rotatable bonds is 6. The van der Waals surface area contributed by atoms with E-state index >= 15 is 0 Å². The van der Waals surface area contributed by atoms with Gasteiger partial charge < -0.3 is 10.4 Å². The highest BCUT2D eigenvalue weighted by atomic mass is 32.2. The zero-order valence-electron chi connectivity index (χ0n) is 15.1. The van der Waals surface area contributed by atoms with Crippen molar-refractivity contribution >= 4 is 11.8 Å². The predicted molar refractivity (Wildman–Crippen MR) is 96.3 cm³/mol. The molecule has 4 saturated carbocycles. The molecule has 6 atom stereocenters. The minimum absolute atomic E-state index is 0.332. The molecule has 0 aromatic rings. The van der Waals surface area contributed by atoms with E-state index < -0.39 is 0 Å². The van der Waals surface area contributed by atoms with Crippen LogP contribution in [0, 0.1) is 17.3 Å². The first-order valence-electron chi connectivity index (χ1n) is 9.19. The molecule has 2 unspecified atom stereocenters. The maximum atomic E-state index is 10.9. The Morgan fingerprint density at radius 2 is 1.77 bits per heavy atom. The summed E-state index contributed by atoms with van der Waals surface area (Å²) in [5.74, 6) is 1.57. The van der Waals surface area contributed by atoms with E-state index in [1.807, 2.05) is 11.8 Å². The lowest BCUT2D eigenvalue weighted by Crippen LogP contribution is -2.62. The van der Waals surface area contributed by atoms with Gasteiger partial charge in [-0.05, 0) is 82.3 Å². The maximum absolute atomic E-state index is 10.9. The standard InChI is InChI=1S/C19H35NOS/c1-13(7-17(3,4)22-5)20-14(2)18-8-15-6-16(9-18)11-19(21,10-15)12-18/h13-16,20-21H,6-12H2,1-5H3/t13-,14-,15-,16+,18?,19?/m1/s1. The molecule has 4 fully saturated rings. The van der Waals surface area contributed by atoms with Crippen LogP contribution in [0.1, 0.15) is 72.6 Å². The zero-order chi connectivity index (χ0) is 16.2. The zero-order valence-corrected chi connectivity index (χ0v) is 15.9. The van der Waals surface area contributed by atoms with Gasteiger partial charge in [-0.25, -0.2) is 0 Å². The lowest BCUT2D eigenvalue weighted by atomic mass is 9.46. The fraction of sp³-hybridized carbons (Fsp3) is 1.00. The van der Waals surface area contributed by atoms with Gasteiger partial charge in [-0.1, -0.05) is 13.8 Å². The second-order valence-electron chi connectivity index (χ2n) is 9.51. The van der Waals surface area contributed by atoms with Gasteiger partial charge in [-0.2, -0.15) is 11.8 Å². The van der Waals surface area contributed by atoms with E-state index in [4.69, 9.17) is 0 Å². The van der Waals surface area contributed by atoms with E-state index in [9.17, 15) is 5.11 Å². The largest absolute Gasteiger partial charge is 0.390 e. The highest BCUT2D eigenvalue weighted by Crippen LogP contribution is 2.62. The minimum Gasteiger partial charge on any atom is -0.390 e. The SMILES string of the molecule is CSC(C)(C)C[C@@H](C)N[C@H](C)C12C[C@@H]3C[C@@H](CC(O)(C3)C1)C2. The molecule has 4 aliphatic rings. The molecule has 0 aromatic heterocycles. The monoisotopic (exact) mass is 325 g/mol. The van der Waals surface area contributed by atoms with Crippen LogP contribution >= 0.6 is 11.8 Å². The summed E-state index contributed by atoms with van der Waals surface area (Å²) >= 11 is 1.96. The van der Waals surface area contributed by atoms with Gasteiger partial charge in [0, 0.05) is 16.8 Å². The van der Waals surface area contributed by atoms with Gasteiger partial charge in [-0.3, -0.25) is 0 Å². The first kappa shape index (κ1) is 17.1. The summed E-state index contributed by atoms with van der Waals surface area (Å²) in [7, 11) is 0. The Morgan fingerprint density at radius 1 is 1.18 bits per heavy atom. The summed E-state index contributed by atoms with van der Waals surface area (Å²) in [6, 6.07) is 1.07. The molecule has 4 bridgehead atoms. The third-order valence-electron chi connectivity index (χ3n) is 6.88. The Morgan fingerprint density at radius 3 is 2.27 bits per heavy atom. The number of nitrogens with one attached hydrogen (secondary N) is 1. The van der Waals surface area contributed by atoms with Crippen molar-refractivity contribution in [3.05, 3.63) is 0 Å². The van der Waals surface area contributed by atoms with Crippen LogP contribution in [-0.4, -0.2) is 33.8 Å². The highest BCUT2D eigenvalue weighted by molar-refractivity contribution is 7.99. The van der Waals surface area contributed by atoms with E-state index in [1.165, 1.54) is 25.7 Å². The summed E-state index contributed by atoms with van der Waals surface area (Å²) in [5.41, 5.74) is 0.0262. The van der Waals surface area contributed by atoms with Crippen molar-refractivity contribution in [3.63, 3.8) is 0 Å². The van der Waals surface area contributed by atoms with Gasteiger partial charge in [0.1, 0.15) is 0 Å². The highest BCUT2D eigenvalue weighted by Gasteiger charge is 2.58. The van der Waals surface area contributed by atoms with E-state index in [-0.39, 0.29) is 5.60 Å². The van der Waals surface area contributed by atoms with Gasteiger partial charge in [0.15, 0.2) is 0 Å². The Balaban J connectivity index is 1.66. The van der Waals surface area contributed by atoms with Gasteiger partial charge in [0.05, 0.1) is 5.60 Å². The van der Waals surface area contributed by atoms with Gasteiger partial charge in [-0.15, -0.1) is 0 Å². The van der Waals surface area contributed by atoms with Crippen molar-refractivity contribution in [2.45, 2.75) is 95.1 Å². The van der Waals surface area contributed by atoms with Crippen molar-refractivity contribution in [1.82, 2.24) is 5.32 Å². The summed E-state index contributed by atoms with van der Waals surface area (Å²) in [5, 5.41) is 14.9. The second kappa shape index (κ2) is 5.67. The van der Waals surface area contributed by atoms with Crippen LogP contribution < -0.4 is 5.32 Å². The van der Waals surface area contributed by atoms with Crippen molar-refractivity contribution in [1.29, 1.82) is 0 Å². The summed E-state index contributed by atoms with van der Waals surface area (Å²) in [6.45, 7) is 9.41. The van der Waals surface area contributed by atoms with Gasteiger partial charge >= 0.3 is 0 Å². The number of thioether (sulfide) groups is 1. The normalized spacial score (nSPS) is 43.4. The molecular weight excluding hydrogens is 290 g/mol. The molecule has 22 heavy (non-hydrogen) atoms. The van der Waals surface area contributed by atoms with Crippen LogP contribution in [0.3, 0.4) is 0 Å². The van der Waals surface area contributed by atoms with Crippen LogP contribution in [-0.2, 0) is 0 Å². The molecule has 4 rings (SSSR count). The van der Waals surface area contributed by atoms with Crippen LogP contribution in [0.5, 0.6) is 0 Å². The average molecular weight is 326 g/mol. The van der Waals surface area contributed by atoms with Crippen LogP contribution in [0.2, 0.25) is 0 Å². The Bertz CT molecular complexity index is 408. The molecule has 0 saturated heterocycles. The Labute approximate surface area is 141 Å². The van der Waals surface area contributed by atoms with Crippen molar-refractivity contribution in [2.24, 2.45) is 17.3 Å². The summed E-state index contributed by atoms with van der Waals surface area (Å²) in [6.07, 6.45) is 10.7. The van der Waals surface area contributed by atoms with Gasteiger partial charge in [0.2, 0.25) is 0 Å². The molecule has 0 amide bonds. The van der Waals surface area contributed by atoms with E-state index in [1.54, 1.807) is 0 Å². The first-order chi connectivity index (χ1) is 10.2. The third kappa shape index (κ3) is 3.23. The molecule has 2 nitrogen and oxygen atoms in total. The molecule has 3 heteroatoms. The topological polar surface area (TPSA) is 32.3 Å². The molecule has 128 valence electrons. The molecule has 4 aliphatic carbocycles. The maximum Gasteiger partial charge on any atom is 0.0659 e. The quantitative estimate of drug-likeness (QED) is 0.767. The lowest BCUT2D eigenvalue weighted by molar-refractivity contribution is -0.172. The summed E-state index contributed by atoms with van der Waals surface area (Å²) in [4.78, 5) is 0. The molecule has 0 radical (unpaired) electrons. The fourth-order valence-corrected chi connectivity index (χ4v) is 6.69. The van der Waals surface area contributed by atoms with Gasteiger partial charge in [0.25, 0.3) is 0 Å². The molecule has 0 aliphatic heterocycles. The van der Waals surface area contributed by atoms with Crippen LogP contribution in [0.15, 0.2) is 0 Å². The smallest absolute Gasteiger partial charge is 0.0659 e. The number of hydrogen-bond donors (Lipinski definition) is 2. The molecule has 0 aromatic carbocycles. The Kier molecular flexibility index (Phi) is 4.41. The predicted octanol–water partition coefficient (Wildman–Crippen LogP) is 4.22. The third-order valence-corrected chi connectivity index (χ3v) is 8.15. The fourth-order valence-electron chi connectivity index (χ4n) is 6.27. The number of aliphatic hydroxyl groups is 1. The first-order valence-corrected chi connectivity index (χ1v) is 10.4. The van der Waals surface area contributed by atoms with E-state index in [2.05, 4.69) is 39.3 Å². The minimum atomic E-state index is -0.332. The number of hydrogen-bond acceptors (Lipinski definition) is 3. The molecule has 0 heterocycles. The van der Waals surface area contributed by atoms with Crippen molar-refractivity contribution in [3.8, 4) is 0 Å². The van der Waals surface area contributed by atoms with Crippen molar-refractivity contribution < 1.29 is 5.11 Å². The average Bonchev–Trinajstić information content (AvgIpc) is 2.34. The Hall–Kier alpha value is 0.270. The molecule has 2 N–H and O–H groups in total. The van der Waals surface area contributed by atoms with Crippen LogP contribution in [0.25, 0.3) is 0 Å². The van der Waals surface area contributed by atoms with Crippen LogP contribution in [0.4, 0.5) is 0 Å². The van der Waals surface area contributed by atoms with E-state index in [0.29, 0.717) is 22.2 Å². The van der Waals surface area contributed by atoms with Crippen molar-refractivity contribution in [2.75, 3.05) is 6.26 Å².